The summed E-state index contributed by atoms with van der Waals surface area (Å²) in [6.45, 7) is 6.11. The van der Waals surface area contributed by atoms with Crippen molar-refractivity contribution in [3.05, 3.63) is 0 Å². The van der Waals surface area contributed by atoms with E-state index in [4.69, 9.17) is 25.2 Å². The summed E-state index contributed by atoms with van der Waals surface area (Å²) in [7, 11) is 3.25. The van der Waals surface area contributed by atoms with Gasteiger partial charge in [-0.25, -0.2) is 0 Å². The van der Waals surface area contributed by atoms with Gasteiger partial charge in [-0.2, -0.15) is 0 Å². The Hall–Kier alpha value is -0.280. The largest absolute Gasteiger partial charge is 0.394 e. The van der Waals surface area contributed by atoms with Crippen LogP contribution in [-0.4, -0.2) is 87.5 Å². The van der Waals surface area contributed by atoms with Gasteiger partial charge in [-0.3, -0.25) is 0 Å². The zero-order valence-corrected chi connectivity index (χ0v) is 12.7. The van der Waals surface area contributed by atoms with Crippen molar-refractivity contribution >= 4 is 0 Å². The molecule has 0 aromatic rings. The molecule has 0 bridgehead atoms. The lowest BCUT2D eigenvalue weighted by molar-refractivity contribution is 0.0650. The van der Waals surface area contributed by atoms with Crippen LogP contribution in [-0.2, 0) is 14.2 Å². The van der Waals surface area contributed by atoms with Crippen LogP contribution in [0.2, 0.25) is 0 Å². The van der Waals surface area contributed by atoms with Gasteiger partial charge in [-0.15, -0.1) is 0 Å². The molecule has 7 nitrogen and oxygen atoms in total. The molecule has 0 aromatic carbocycles. The normalized spacial score (nSPS) is 8.21. The lowest BCUT2D eigenvalue weighted by atomic mass is 10.7. The van der Waals surface area contributed by atoms with E-state index in [-0.39, 0.29) is 26.4 Å². The van der Waals surface area contributed by atoms with E-state index in [1.54, 1.807) is 14.2 Å². The molecule has 0 aliphatic rings. The van der Waals surface area contributed by atoms with Crippen LogP contribution in [0.4, 0.5) is 0 Å². The molecule has 4 N–H and O–H groups in total. The Morgan fingerprint density at radius 3 is 1.05 bits per heavy atom. The van der Waals surface area contributed by atoms with E-state index in [1.165, 1.54) is 0 Å². The minimum absolute atomic E-state index is 0.0278. The zero-order chi connectivity index (χ0) is 15.8. The monoisotopic (exact) mass is 288 g/mol. The fraction of sp³-hybridized carbons (Fsp3) is 1.00. The average Bonchev–Trinajstić information content (AvgIpc) is 2.42. The Morgan fingerprint density at radius 2 is 0.947 bits per heavy atom. The Morgan fingerprint density at radius 1 is 0.632 bits per heavy atom. The number of rotatable bonds is 7. The van der Waals surface area contributed by atoms with E-state index in [0.717, 1.165) is 13.2 Å². The summed E-state index contributed by atoms with van der Waals surface area (Å²) in [6, 6.07) is 0. The molecule has 0 fully saturated rings. The lowest BCUT2D eigenvalue weighted by Gasteiger charge is -1.94. The molecule has 0 rings (SSSR count). The van der Waals surface area contributed by atoms with Gasteiger partial charge < -0.3 is 34.6 Å². The Balaban J connectivity index is -0.0000000833. The summed E-state index contributed by atoms with van der Waals surface area (Å²) in [5.41, 5.74) is 0. The number of methoxy groups -OCH3 is 1. The summed E-state index contributed by atoms with van der Waals surface area (Å²) in [5.74, 6) is 0. The molecule has 0 aliphatic carbocycles. The third-order valence-electron chi connectivity index (χ3n) is 0.979. The summed E-state index contributed by atoms with van der Waals surface area (Å²) < 4.78 is 13.7. The van der Waals surface area contributed by atoms with Crippen LogP contribution in [0.3, 0.4) is 0 Å². The third-order valence-corrected chi connectivity index (χ3v) is 0.979. The summed E-state index contributed by atoms with van der Waals surface area (Å²) in [6.07, 6.45) is 0. The second-order valence-corrected chi connectivity index (χ2v) is 2.70. The van der Waals surface area contributed by atoms with E-state index in [2.05, 4.69) is 9.47 Å². The fourth-order valence-electron chi connectivity index (χ4n) is 0.435. The average molecular weight is 288 g/mol. The molecule has 0 atom stereocenters. The maximum absolute atomic E-state index is 8.09. The van der Waals surface area contributed by atoms with E-state index in [0.29, 0.717) is 13.2 Å². The highest BCUT2D eigenvalue weighted by Gasteiger charge is 1.79. The first-order chi connectivity index (χ1) is 9.16. The maximum Gasteiger partial charge on any atom is 0.0698 e. The molecule has 0 saturated carbocycles. The summed E-state index contributed by atoms with van der Waals surface area (Å²) >= 11 is 0. The molecule has 122 valence electrons. The van der Waals surface area contributed by atoms with Gasteiger partial charge in [-0.05, 0) is 13.8 Å². The van der Waals surface area contributed by atoms with E-state index < -0.39 is 0 Å². The quantitative estimate of drug-likeness (QED) is 0.457. The molecular weight excluding hydrogens is 256 g/mol. The first-order valence-corrected chi connectivity index (χ1v) is 6.15. The highest BCUT2D eigenvalue weighted by Crippen LogP contribution is 1.68. The van der Waals surface area contributed by atoms with Gasteiger partial charge in [0.1, 0.15) is 0 Å². The van der Waals surface area contributed by atoms with Crippen LogP contribution in [0.25, 0.3) is 0 Å². The van der Waals surface area contributed by atoms with Gasteiger partial charge in [-0.1, -0.05) is 0 Å². The second-order valence-electron chi connectivity index (χ2n) is 2.70. The van der Waals surface area contributed by atoms with Crippen molar-refractivity contribution in [2.45, 2.75) is 13.8 Å². The molecule has 7 heteroatoms. The number of hydrogen-bond acceptors (Lipinski definition) is 7. The van der Waals surface area contributed by atoms with Crippen LogP contribution in [0.15, 0.2) is 0 Å². The predicted molar refractivity (Wildman–Crippen MR) is 74.3 cm³/mol. The first-order valence-electron chi connectivity index (χ1n) is 6.15. The minimum Gasteiger partial charge on any atom is -0.394 e. The highest BCUT2D eigenvalue weighted by atomic mass is 16.5. The SMILES string of the molecule is CCOCC.COC.OCCO.OCCOCCO. The van der Waals surface area contributed by atoms with Gasteiger partial charge in [0, 0.05) is 27.4 Å². The third kappa shape index (κ3) is 97.0. The van der Waals surface area contributed by atoms with E-state index in [1.807, 2.05) is 13.8 Å². The first kappa shape index (κ1) is 27.1. The summed E-state index contributed by atoms with van der Waals surface area (Å²) in [5, 5.41) is 31.4. The lowest BCUT2D eigenvalue weighted by Crippen LogP contribution is -2.03. The number of aliphatic hydroxyl groups is 4. The summed E-state index contributed by atoms with van der Waals surface area (Å²) in [4.78, 5) is 0. The molecule has 0 heterocycles. The molecule has 0 unspecified atom stereocenters. The molecule has 19 heavy (non-hydrogen) atoms. The van der Waals surface area contributed by atoms with Crippen LogP contribution in [0, 0.1) is 0 Å². The van der Waals surface area contributed by atoms with Gasteiger partial charge in [0.25, 0.3) is 0 Å². The molecule has 0 saturated heterocycles. The van der Waals surface area contributed by atoms with Crippen molar-refractivity contribution in [1.29, 1.82) is 0 Å². The Labute approximate surface area is 116 Å². The van der Waals surface area contributed by atoms with Crippen LogP contribution >= 0.6 is 0 Å². The van der Waals surface area contributed by atoms with Crippen LogP contribution in [0.1, 0.15) is 13.8 Å². The molecule has 0 aliphatic heterocycles. The molecule has 0 radical (unpaired) electrons. The molecule has 0 aromatic heterocycles. The van der Waals surface area contributed by atoms with Crippen molar-refractivity contribution in [2.24, 2.45) is 0 Å². The molecule has 0 spiro atoms. The van der Waals surface area contributed by atoms with E-state index in [9.17, 15) is 0 Å². The van der Waals surface area contributed by atoms with Crippen molar-refractivity contribution in [2.75, 3.05) is 67.1 Å². The standard InChI is InChI=1S/C4H10O3.C4H10O.C2H6O2.C2H6O/c5-1-3-7-4-2-6;1-3-5-4-2;3-1-2-4;1-3-2/h5-6H,1-4H2;3-4H2,1-2H3;3-4H,1-2H2;1-2H3. The van der Waals surface area contributed by atoms with Crippen LogP contribution in [0.5, 0.6) is 0 Å². The topological polar surface area (TPSA) is 109 Å². The smallest absolute Gasteiger partial charge is 0.0698 e. The van der Waals surface area contributed by atoms with Gasteiger partial charge in [0.15, 0.2) is 0 Å². The number of hydrogen-bond donors (Lipinski definition) is 4. The number of ether oxygens (including phenoxy) is 3. The molecular formula is C12H32O7. The Kier molecular flexibility index (Phi) is 61.5. The van der Waals surface area contributed by atoms with E-state index >= 15 is 0 Å². The van der Waals surface area contributed by atoms with Crippen molar-refractivity contribution in [1.82, 2.24) is 0 Å². The molecule has 0 amide bonds. The minimum atomic E-state index is -0.125. The Bertz CT molecular complexity index is 86.1. The highest BCUT2D eigenvalue weighted by molar-refractivity contribution is 4.24. The zero-order valence-electron chi connectivity index (χ0n) is 12.7. The fourth-order valence-corrected chi connectivity index (χ4v) is 0.435. The van der Waals surface area contributed by atoms with Crippen molar-refractivity contribution < 1.29 is 34.6 Å². The second kappa shape index (κ2) is 43.1. The number of aliphatic hydroxyl groups excluding tert-OH is 4. The van der Waals surface area contributed by atoms with Crippen molar-refractivity contribution in [3.8, 4) is 0 Å². The van der Waals surface area contributed by atoms with Crippen molar-refractivity contribution in [3.63, 3.8) is 0 Å². The predicted octanol–water partition coefficient (Wildman–Crippen LogP) is -0.736. The van der Waals surface area contributed by atoms with Crippen LogP contribution < -0.4 is 0 Å². The maximum atomic E-state index is 8.09. The van der Waals surface area contributed by atoms with Gasteiger partial charge >= 0.3 is 0 Å². The van der Waals surface area contributed by atoms with Gasteiger partial charge in [0.2, 0.25) is 0 Å². The van der Waals surface area contributed by atoms with Gasteiger partial charge in [0.05, 0.1) is 39.6 Å².